The van der Waals surface area contributed by atoms with Crippen LogP contribution in [-0.4, -0.2) is 49.3 Å². The Morgan fingerprint density at radius 3 is 2.29 bits per heavy atom. The fourth-order valence-corrected chi connectivity index (χ4v) is 4.00. The summed E-state index contributed by atoms with van der Waals surface area (Å²) in [6.07, 6.45) is -0.179. The fraction of sp³-hybridized carbons (Fsp3) is 0.310. The molecule has 0 fully saturated rings. The molecule has 4 N–H and O–H groups in total. The van der Waals surface area contributed by atoms with Crippen LogP contribution >= 0.6 is 0 Å². The number of aliphatic hydroxyl groups excluding tert-OH is 1. The van der Waals surface area contributed by atoms with E-state index in [1.807, 2.05) is 18.2 Å². The van der Waals surface area contributed by atoms with E-state index < -0.39 is 35.6 Å². The molecular weight excluding hydrogens is 492 g/mol. The number of nitrogens with one attached hydrogen (secondary N) is 3. The van der Waals surface area contributed by atoms with Gasteiger partial charge in [0.2, 0.25) is 5.91 Å². The third kappa shape index (κ3) is 8.93. The second-order valence-electron chi connectivity index (χ2n) is 8.94. The molecule has 2 atom stereocenters. The van der Waals surface area contributed by atoms with Gasteiger partial charge in [-0.3, -0.25) is 9.59 Å². The van der Waals surface area contributed by atoms with Crippen LogP contribution in [-0.2, 0) is 24.2 Å². The summed E-state index contributed by atoms with van der Waals surface area (Å²) in [6, 6.07) is 16.6. The molecule has 0 heterocycles. The van der Waals surface area contributed by atoms with Gasteiger partial charge < -0.3 is 25.8 Å². The number of rotatable bonds is 13. The Morgan fingerprint density at radius 2 is 1.63 bits per heavy atom. The summed E-state index contributed by atoms with van der Waals surface area (Å²) in [4.78, 5) is 25.0. The van der Waals surface area contributed by atoms with E-state index in [2.05, 4.69) is 28.9 Å². The summed E-state index contributed by atoms with van der Waals surface area (Å²) in [5.41, 5.74) is 2.87. The van der Waals surface area contributed by atoms with Gasteiger partial charge in [0, 0.05) is 24.7 Å². The molecule has 0 saturated carbocycles. The number of methoxy groups -OCH3 is 1. The van der Waals surface area contributed by atoms with Crippen LogP contribution < -0.4 is 20.7 Å². The fourth-order valence-electron chi connectivity index (χ4n) is 4.00. The van der Waals surface area contributed by atoms with E-state index in [1.54, 1.807) is 24.3 Å². The second kappa shape index (κ2) is 14.2. The number of amides is 2. The summed E-state index contributed by atoms with van der Waals surface area (Å²) in [7, 11) is 1.52. The van der Waals surface area contributed by atoms with Gasteiger partial charge in [-0.15, -0.1) is 0 Å². The van der Waals surface area contributed by atoms with Gasteiger partial charge >= 0.3 is 0 Å². The van der Waals surface area contributed by atoms with Crippen LogP contribution in [0.1, 0.15) is 34.0 Å². The Labute approximate surface area is 221 Å². The summed E-state index contributed by atoms with van der Waals surface area (Å²) < 4.78 is 32.6. The Bertz CT molecular complexity index is 1200. The molecule has 9 heteroatoms. The summed E-state index contributed by atoms with van der Waals surface area (Å²) in [5.74, 6) is -1.91. The van der Waals surface area contributed by atoms with E-state index in [4.69, 9.17) is 4.74 Å². The predicted octanol–water partition coefficient (Wildman–Crippen LogP) is 3.14. The third-order valence-electron chi connectivity index (χ3n) is 6.03. The van der Waals surface area contributed by atoms with Crippen molar-refractivity contribution in [3.05, 3.63) is 101 Å². The molecule has 0 aliphatic rings. The SMILES string of the molecule is CCc1cccc(CNC[C@H](O)[C@@H](Cc2cc(F)cc(F)c2)NC(=O)CNC(=O)c2ccc(OC)cc2)c1. The maximum absolute atomic E-state index is 13.8. The second-order valence-corrected chi connectivity index (χ2v) is 8.94. The first kappa shape index (κ1) is 28.7. The van der Waals surface area contributed by atoms with Gasteiger partial charge in [-0.05, 0) is 65.9 Å². The van der Waals surface area contributed by atoms with E-state index in [9.17, 15) is 23.5 Å². The standard InChI is InChI=1S/C29H33F2N3O4/c1-3-19-5-4-6-20(11-19)16-32-17-27(35)26(14-21-12-23(30)15-24(31)13-21)34-28(36)18-33-29(37)22-7-9-25(38-2)10-8-22/h4-13,15,26-27,32,35H,3,14,16-18H2,1-2H3,(H,33,37)(H,34,36)/t26-,27+/m1/s1. The highest BCUT2D eigenvalue weighted by Crippen LogP contribution is 2.13. The lowest BCUT2D eigenvalue weighted by Gasteiger charge is -2.25. The van der Waals surface area contributed by atoms with Crippen LogP contribution in [0.25, 0.3) is 0 Å². The number of ether oxygens (including phenoxy) is 1. The van der Waals surface area contributed by atoms with Crippen LogP contribution in [0.2, 0.25) is 0 Å². The molecule has 0 radical (unpaired) electrons. The van der Waals surface area contributed by atoms with E-state index in [0.717, 1.165) is 30.2 Å². The van der Waals surface area contributed by atoms with Crippen molar-refractivity contribution in [1.82, 2.24) is 16.0 Å². The lowest BCUT2D eigenvalue weighted by Crippen LogP contribution is -2.51. The van der Waals surface area contributed by atoms with Gasteiger partial charge in [0.05, 0.1) is 25.8 Å². The van der Waals surface area contributed by atoms with Crippen LogP contribution in [0.5, 0.6) is 5.75 Å². The van der Waals surface area contributed by atoms with Gasteiger partial charge in [-0.1, -0.05) is 31.2 Å². The van der Waals surface area contributed by atoms with E-state index in [0.29, 0.717) is 17.9 Å². The van der Waals surface area contributed by atoms with E-state index in [1.165, 1.54) is 12.7 Å². The van der Waals surface area contributed by atoms with Gasteiger partial charge in [0.1, 0.15) is 17.4 Å². The first-order valence-corrected chi connectivity index (χ1v) is 12.4. The smallest absolute Gasteiger partial charge is 0.251 e. The van der Waals surface area contributed by atoms with Crippen LogP contribution in [0, 0.1) is 11.6 Å². The lowest BCUT2D eigenvalue weighted by atomic mass is 10.0. The molecule has 3 aromatic carbocycles. The Kier molecular flexibility index (Phi) is 10.7. The number of halogens is 2. The van der Waals surface area contributed by atoms with Crippen molar-refractivity contribution in [2.75, 3.05) is 20.2 Å². The lowest BCUT2D eigenvalue weighted by molar-refractivity contribution is -0.121. The van der Waals surface area contributed by atoms with E-state index >= 15 is 0 Å². The Balaban J connectivity index is 1.61. The first-order chi connectivity index (χ1) is 18.3. The van der Waals surface area contributed by atoms with Gasteiger partial charge in [-0.25, -0.2) is 8.78 Å². The normalized spacial score (nSPS) is 12.4. The predicted molar refractivity (Wildman–Crippen MR) is 141 cm³/mol. The molecule has 0 bridgehead atoms. The molecule has 38 heavy (non-hydrogen) atoms. The highest BCUT2D eigenvalue weighted by atomic mass is 19.1. The van der Waals surface area contributed by atoms with E-state index in [-0.39, 0.29) is 25.1 Å². The molecule has 0 saturated heterocycles. The van der Waals surface area contributed by atoms with Gasteiger partial charge in [-0.2, -0.15) is 0 Å². The number of benzene rings is 3. The molecule has 2 amide bonds. The van der Waals surface area contributed by atoms with Gasteiger partial charge in [0.15, 0.2) is 0 Å². The molecule has 0 unspecified atom stereocenters. The molecule has 0 aliphatic carbocycles. The van der Waals surface area contributed by atoms with Crippen LogP contribution in [0.4, 0.5) is 8.78 Å². The molecule has 7 nitrogen and oxygen atoms in total. The molecule has 0 aliphatic heterocycles. The average Bonchev–Trinajstić information content (AvgIpc) is 2.91. The molecular formula is C29H33F2N3O4. The van der Waals surface area contributed by atoms with Crippen molar-refractivity contribution in [3.63, 3.8) is 0 Å². The minimum absolute atomic E-state index is 0.0129. The maximum atomic E-state index is 13.8. The van der Waals surface area contributed by atoms with Crippen molar-refractivity contribution in [3.8, 4) is 5.75 Å². The topological polar surface area (TPSA) is 99.7 Å². The van der Waals surface area contributed by atoms with Crippen molar-refractivity contribution < 1.29 is 28.2 Å². The highest BCUT2D eigenvalue weighted by molar-refractivity contribution is 5.96. The van der Waals surface area contributed by atoms with Crippen molar-refractivity contribution >= 4 is 11.8 Å². The average molecular weight is 526 g/mol. The summed E-state index contributed by atoms with van der Waals surface area (Å²) >= 11 is 0. The molecule has 3 aromatic rings. The summed E-state index contributed by atoms with van der Waals surface area (Å²) in [6.45, 7) is 2.34. The number of carbonyl (C=O) groups excluding carboxylic acids is 2. The maximum Gasteiger partial charge on any atom is 0.251 e. The zero-order valence-corrected chi connectivity index (χ0v) is 21.5. The minimum Gasteiger partial charge on any atom is -0.497 e. The number of hydrogen-bond donors (Lipinski definition) is 4. The zero-order chi connectivity index (χ0) is 27.5. The Hall–Kier alpha value is -3.82. The third-order valence-corrected chi connectivity index (χ3v) is 6.03. The number of hydrogen-bond acceptors (Lipinski definition) is 5. The first-order valence-electron chi connectivity index (χ1n) is 12.4. The number of aliphatic hydroxyl groups is 1. The van der Waals surface area contributed by atoms with Crippen LogP contribution in [0.3, 0.4) is 0 Å². The van der Waals surface area contributed by atoms with Crippen LogP contribution in [0.15, 0.2) is 66.7 Å². The monoisotopic (exact) mass is 525 g/mol. The quantitative estimate of drug-likeness (QED) is 0.275. The van der Waals surface area contributed by atoms with Crippen molar-refractivity contribution in [2.24, 2.45) is 0 Å². The molecule has 3 rings (SSSR count). The number of carbonyl (C=O) groups is 2. The van der Waals surface area contributed by atoms with Crippen molar-refractivity contribution in [1.29, 1.82) is 0 Å². The molecule has 202 valence electrons. The number of aryl methyl sites for hydroxylation is 1. The largest absolute Gasteiger partial charge is 0.497 e. The highest BCUT2D eigenvalue weighted by Gasteiger charge is 2.23. The molecule has 0 spiro atoms. The molecule has 0 aromatic heterocycles. The Morgan fingerprint density at radius 1 is 0.947 bits per heavy atom. The summed E-state index contributed by atoms with van der Waals surface area (Å²) in [5, 5.41) is 19.3. The minimum atomic E-state index is -1.07. The van der Waals surface area contributed by atoms with Crippen molar-refractivity contribution in [2.45, 2.75) is 38.5 Å². The zero-order valence-electron chi connectivity index (χ0n) is 21.5. The van der Waals surface area contributed by atoms with Gasteiger partial charge in [0.25, 0.3) is 5.91 Å².